The van der Waals surface area contributed by atoms with Gasteiger partial charge in [-0.05, 0) is 49.4 Å². The fraction of sp³-hybridized carbons (Fsp3) is 0.353. The maximum absolute atomic E-state index is 11.8. The highest BCUT2D eigenvalue weighted by Gasteiger charge is 2.19. The number of ether oxygens (including phenoxy) is 1. The van der Waals surface area contributed by atoms with E-state index in [9.17, 15) is 4.79 Å². The van der Waals surface area contributed by atoms with Gasteiger partial charge in [0.05, 0.1) is 6.61 Å². The second-order valence-electron chi connectivity index (χ2n) is 5.37. The zero-order valence-corrected chi connectivity index (χ0v) is 13.7. The first-order chi connectivity index (χ1) is 10.7. The number of aryl methyl sites for hydroxylation is 1. The Morgan fingerprint density at radius 1 is 1.36 bits per heavy atom. The summed E-state index contributed by atoms with van der Waals surface area (Å²) in [5.41, 5.74) is 4.36. The molecule has 4 nitrogen and oxygen atoms in total. The number of carbonyl (C=O) groups excluding carboxylic acids is 1. The number of rotatable bonds is 4. The van der Waals surface area contributed by atoms with E-state index in [4.69, 9.17) is 4.74 Å². The molecule has 22 heavy (non-hydrogen) atoms. The number of H-pyrrole nitrogens is 1. The molecule has 1 aliphatic rings. The zero-order valence-electron chi connectivity index (χ0n) is 12.9. The van der Waals surface area contributed by atoms with Crippen molar-refractivity contribution in [2.24, 2.45) is 0 Å². The molecule has 0 amide bonds. The average molecular weight is 316 g/mol. The van der Waals surface area contributed by atoms with Gasteiger partial charge in [0.15, 0.2) is 0 Å². The van der Waals surface area contributed by atoms with Gasteiger partial charge in [0.25, 0.3) is 0 Å². The van der Waals surface area contributed by atoms with Crippen molar-refractivity contribution in [1.29, 1.82) is 0 Å². The quantitative estimate of drug-likeness (QED) is 0.692. The van der Waals surface area contributed by atoms with E-state index in [1.165, 1.54) is 11.1 Å². The summed E-state index contributed by atoms with van der Waals surface area (Å²) in [6.07, 6.45) is 1.07. The van der Waals surface area contributed by atoms with Gasteiger partial charge in [0, 0.05) is 23.7 Å². The predicted molar refractivity (Wildman–Crippen MR) is 87.9 cm³/mol. The lowest BCUT2D eigenvalue weighted by molar-refractivity contribution is 0.0520. The Bertz CT molecular complexity index is 681. The van der Waals surface area contributed by atoms with Crippen LogP contribution in [0.2, 0.25) is 0 Å². The summed E-state index contributed by atoms with van der Waals surface area (Å²) in [6.45, 7) is 6.14. The van der Waals surface area contributed by atoms with Crippen LogP contribution < -0.4 is 0 Å². The number of fused-ring (bicyclic) bond motifs is 1. The van der Waals surface area contributed by atoms with Gasteiger partial charge in [0.1, 0.15) is 5.69 Å². The van der Waals surface area contributed by atoms with E-state index in [-0.39, 0.29) is 5.97 Å². The third-order valence-electron chi connectivity index (χ3n) is 3.79. The fourth-order valence-corrected chi connectivity index (χ4v) is 3.66. The molecule has 0 aliphatic carbocycles. The smallest absolute Gasteiger partial charge is 0.354 e. The van der Waals surface area contributed by atoms with Crippen LogP contribution in [0.3, 0.4) is 0 Å². The highest BCUT2D eigenvalue weighted by Crippen LogP contribution is 2.31. The minimum absolute atomic E-state index is 0.290. The number of carbonyl (C=O) groups is 1. The summed E-state index contributed by atoms with van der Waals surface area (Å²) in [5, 5.41) is 0. The number of aromatic amines is 1. The van der Waals surface area contributed by atoms with Crippen molar-refractivity contribution in [3.63, 3.8) is 0 Å². The van der Waals surface area contributed by atoms with Crippen LogP contribution in [0.1, 0.15) is 34.2 Å². The van der Waals surface area contributed by atoms with Gasteiger partial charge < -0.3 is 9.72 Å². The normalized spacial score (nSPS) is 14.6. The summed E-state index contributed by atoms with van der Waals surface area (Å²) < 4.78 is 7.38. The molecule has 116 valence electrons. The van der Waals surface area contributed by atoms with E-state index in [0.717, 1.165) is 30.1 Å². The lowest BCUT2D eigenvalue weighted by Crippen LogP contribution is -2.24. The summed E-state index contributed by atoms with van der Waals surface area (Å²) in [7, 11) is 0. The van der Waals surface area contributed by atoms with Gasteiger partial charge >= 0.3 is 5.97 Å². The van der Waals surface area contributed by atoms with Crippen LogP contribution in [-0.2, 0) is 17.7 Å². The maximum atomic E-state index is 11.8. The monoisotopic (exact) mass is 316 g/mol. The number of aromatic nitrogens is 1. The molecule has 3 rings (SSSR count). The van der Waals surface area contributed by atoms with Crippen molar-refractivity contribution >= 4 is 17.9 Å². The zero-order chi connectivity index (χ0) is 15.5. The first kappa shape index (κ1) is 15.2. The van der Waals surface area contributed by atoms with Crippen molar-refractivity contribution in [2.45, 2.75) is 31.7 Å². The Kier molecular flexibility index (Phi) is 4.55. The van der Waals surface area contributed by atoms with Gasteiger partial charge in [-0.1, -0.05) is 24.3 Å². The molecule has 2 heterocycles. The predicted octanol–water partition coefficient (Wildman–Crippen LogP) is 3.57. The Balaban J connectivity index is 1.71. The number of benzene rings is 1. The van der Waals surface area contributed by atoms with Gasteiger partial charge in [-0.2, -0.15) is 0 Å². The van der Waals surface area contributed by atoms with Crippen molar-refractivity contribution in [3.8, 4) is 0 Å². The average Bonchev–Trinajstić information content (AvgIpc) is 2.89. The first-order valence-corrected chi connectivity index (χ1v) is 8.31. The Hall–Kier alpha value is -1.72. The van der Waals surface area contributed by atoms with Gasteiger partial charge in [-0.15, -0.1) is 0 Å². The van der Waals surface area contributed by atoms with E-state index in [1.807, 2.05) is 19.9 Å². The van der Waals surface area contributed by atoms with E-state index in [0.29, 0.717) is 12.3 Å². The molecule has 0 bridgehead atoms. The summed E-state index contributed by atoms with van der Waals surface area (Å²) in [5.74, 6) is -0.290. The van der Waals surface area contributed by atoms with Crippen molar-refractivity contribution in [1.82, 2.24) is 9.29 Å². The lowest BCUT2D eigenvalue weighted by Gasteiger charge is -2.27. The largest absolute Gasteiger partial charge is 0.461 e. The first-order valence-electron chi connectivity index (χ1n) is 7.53. The topological polar surface area (TPSA) is 45.3 Å². The molecule has 2 aromatic rings. The number of nitrogens with zero attached hydrogens (tertiary/aromatic N) is 1. The molecule has 1 N–H and O–H groups in total. The molecule has 5 heteroatoms. The second-order valence-corrected chi connectivity index (χ2v) is 6.51. The number of nitrogens with one attached hydrogen (secondary N) is 1. The fourth-order valence-electron chi connectivity index (χ4n) is 2.64. The Morgan fingerprint density at radius 2 is 2.14 bits per heavy atom. The molecule has 0 fully saturated rings. The standard InChI is InChI=1S/C17H20N2O2S/c1-3-21-17(20)15-10-16(12(2)18-15)22-19-9-8-13-6-4-5-7-14(13)11-19/h4-7,10,18H,3,8-9,11H2,1-2H3. The third-order valence-corrected chi connectivity index (χ3v) is 4.98. The Morgan fingerprint density at radius 3 is 2.91 bits per heavy atom. The molecule has 1 aromatic carbocycles. The lowest BCUT2D eigenvalue weighted by atomic mass is 10.0. The van der Waals surface area contributed by atoms with Gasteiger partial charge in [0.2, 0.25) is 0 Å². The molecule has 0 radical (unpaired) electrons. The Labute approximate surface area is 135 Å². The van der Waals surface area contributed by atoms with Crippen LogP contribution >= 0.6 is 11.9 Å². The van der Waals surface area contributed by atoms with Crippen molar-refractivity contribution in [2.75, 3.05) is 13.2 Å². The van der Waals surface area contributed by atoms with Crippen LogP contribution in [-0.4, -0.2) is 28.4 Å². The molecule has 0 saturated carbocycles. The molecule has 0 spiro atoms. The minimum atomic E-state index is -0.290. The third kappa shape index (κ3) is 3.20. The summed E-state index contributed by atoms with van der Waals surface area (Å²) >= 11 is 1.71. The van der Waals surface area contributed by atoms with E-state index >= 15 is 0 Å². The van der Waals surface area contributed by atoms with Crippen molar-refractivity contribution < 1.29 is 9.53 Å². The molecule has 1 aromatic heterocycles. The van der Waals surface area contributed by atoms with Crippen LogP contribution in [0.15, 0.2) is 35.2 Å². The maximum Gasteiger partial charge on any atom is 0.354 e. The summed E-state index contributed by atoms with van der Waals surface area (Å²) in [6, 6.07) is 10.5. The van der Waals surface area contributed by atoms with Crippen LogP contribution in [0.5, 0.6) is 0 Å². The highest BCUT2D eigenvalue weighted by molar-refractivity contribution is 7.97. The molecule has 1 aliphatic heterocycles. The number of hydrogen-bond acceptors (Lipinski definition) is 4. The van der Waals surface area contributed by atoms with Crippen LogP contribution in [0.4, 0.5) is 0 Å². The van der Waals surface area contributed by atoms with E-state index in [2.05, 4.69) is 33.6 Å². The second kappa shape index (κ2) is 6.58. The highest BCUT2D eigenvalue weighted by atomic mass is 32.2. The van der Waals surface area contributed by atoms with Gasteiger partial charge in [-0.3, -0.25) is 0 Å². The van der Waals surface area contributed by atoms with E-state index in [1.54, 1.807) is 11.9 Å². The molecule has 0 saturated heterocycles. The van der Waals surface area contributed by atoms with E-state index < -0.39 is 0 Å². The molecular weight excluding hydrogens is 296 g/mol. The number of hydrogen-bond donors (Lipinski definition) is 1. The SMILES string of the molecule is CCOC(=O)c1cc(SN2CCc3ccccc3C2)c(C)[nH]1. The van der Waals surface area contributed by atoms with Gasteiger partial charge in [-0.25, -0.2) is 9.10 Å². The van der Waals surface area contributed by atoms with Crippen LogP contribution in [0.25, 0.3) is 0 Å². The summed E-state index contributed by atoms with van der Waals surface area (Å²) in [4.78, 5) is 16.0. The minimum Gasteiger partial charge on any atom is -0.461 e. The molecule has 0 unspecified atom stereocenters. The van der Waals surface area contributed by atoms with Crippen molar-refractivity contribution in [3.05, 3.63) is 52.8 Å². The molecule has 0 atom stereocenters. The van der Waals surface area contributed by atoms with Crippen LogP contribution in [0, 0.1) is 6.92 Å². The molecular formula is C17H20N2O2S. The number of esters is 1.